The van der Waals surface area contributed by atoms with Crippen LogP contribution in [0.15, 0.2) is 52.9 Å². The number of nitrogens with one attached hydrogen (secondary N) is 1. The summed E-state index contributed by atoms with van der Waals surface area (Å²) in [6.07, 6.45) is 0. The van der Waals surface area contributed by atoms with Crippen molar-refractivity contribution in [2.75, 3.05) is 20.1 Å². The molecule has 25 heavy (non-hydrogen) atoms. The summed E-state index contributed by atoms with van der Waals surface area (Å²) in [6, 6.07) is 15.9. The minimum absolute atomic E-state index is 0.0724. The molecule has 0 aliphatic carbocycles. The van der Waals surface area contributed by atoms with Gasteiger partial charge in [-0.1, -0.05) is 36.4 Å². The van der Waals surface area contributed by atoms with Gasteiger partial charge in [-0.3, -0.25) is 4.79 Å². The van der Waals surface area contributed by atoms with Gasteiger partial charge in [0.15, 0.2) is 11.5 Å². The van der Waals surface area contributed by atoms with Crippen molar-refractivity contribution in [1.82, 2.24) is 15.2 Å². The Labute approximate surface area is 146 Å². The summed E-state index contributed by atoms with van der Waals surface area (Å²) in [7, 11) is 2.09. The molecule has 1 fully saturated rings. The first-order valence-electron chi connectivity index (χ1n) is 8.52. The molecule has 128 valence electrons. The zero-order valence-electron chi connectivity index (χ0n) is 14.4. The van der Waals surface area contributed by atoms with Crippen LogP contribution >= 0.6 is 0 Å². The predicted molar refractivity (Wildman–Crippen MR) is 96.7 cm³/mol. The van der Waals surface area contributed by atoms with Gasteiger partial charge in [0.05, 0.1) is 5.56 Å². The number of likely N-dealkylation sites (tertiary alicyclic amines) is 1. The van der Waals surface area contributed by atoms with Crippen LogP contribution in [0.3, 0.4) is 0 Å². The number of benzene rings is 2. The Kier molecular flexibility index (Phi) is 4.01. The van der Waals surface area contributed by atoms with Gasteiger partial charge in [-0.2, -0.15) is 0 Å². The van der Waals surface area contributed by atoms with Gasteiger partial charge in [0.2, 0.25) is 0 Å². The number of oxazole rings is 1. The monoisotopic (exact) mass is 335 g/mol. The lowest BCUT2D eigenvalue weighted by Crippen LogP contribution is -2.39. The zero-order chi connectivity index (χ0) is 17.4. The Bertz CT molecular complexity index is 904. The Balaban J connectivity index is 1.60. The topological polar surface area (TPSA) is 58.4 Å². The van der Waals surface area contributed by atoms with Crippen LogP contribution in [0.1, 0.15) is 27.7 Å². The fourth-order valence-corrected chi connectivity index (χ4v) is 3.67. The number of hydrogen-bond donors (Lipinski definition) is 1. The molecule has 4 rings (SSSR count). The maximum absolute atomic E-state index is 12.9. The summed E-state index contributed by atoms with van der Waals surface area (Å²) < 4.78 is 5.54. The first-order chi connectivity index (χ1) is 12.1. The third kappa shape index (κ3) is 3.03. The molecule has 1 amide bonds. The van der Waals surface area contributed by atoms with Gasteiger partial charge in [0.1, 0.15) is 5.52 Å². The van der Waals surface area contributed by atoms with Crippen molar-refractivity contribution in [3.63, 3.8) is 0 Å². The van der Waals surface area contributed by atoms with Gasteiger partial charge < -0.3 is 14.6 Å². The van der Waals surface area contributed by atoms with Gasteiger partial charge in [-0.25, -0.2) is 4.98 Å². The SMILES string of the molecule is Cc1nc2c(C(=O)N[C@H]3CN(C)C[C@H]3c3ccccc3)cccc2o1. The van der Waals surface area contributed by atoms with Gasteiger partial charge in [-0.05, 0) is 24.7 Å². The summed E-state index contributed by atoms with van der Waals surface area (Å²) in [5.41, 5.74) is 3.09. The van der Waals surface area contributed by atoms with E-state index in [0.29, 0.717) is 22.6 Å². The molecule has 2 heterocycles. The highest BCUT2D eigenvalue weighted by atomic mass is 16.3. The van der Waals surface area contributed by atoms with Crippen molar-refractivity contribution in [2.45, 2.75) is 18.9 Å². The normalized spacial score (nSPS) is 20.9. The van der Waals surface area contributed by atoms with E-state index in [0.717, 1.165) is 13.1 Å². The Morgan fingerprint density at radius 3 is 2.76 bits per heavy atom. The molecule has 1 saturated heterocycles. The van der Waals surface area contributed by atoms with Crippen LogP contribution in [0, 0.1) is 6.92 Å². The van der Waals surface area contributed by atoms with E-state index in [9.17, 15) is 4.79 Å². The van der Waals surface area contributed by atoms with Gasteiger partial charge in [0.25, 0.3) is 5.91 Å². The van der Waals surface area contributed by atoms with Crippen LogP contribution in [-0.2, 0) is 0 Å². The van der Waals surface area contributed by atoms with Crippen molar-refractivity contribution in [2.24, 2.45) is 0 Å². The number of aromatic nitrogens is 1. The number of carbonyl (C=O) groups is 1. The van der Waals surface area contributed by atoms with Crippen molar-refractivity contribution in [1.29, 1.82) is 0 Å². The molecule has 1 aromatic heterocycles. The molecule has 2 aromatic carbocycles. The molecule has 0 spiro atoms. The highest BCUT2D eigenvalue weighted by Gasteiger charge is 2.33. The van der Waals surface area contributed by atoms with E-state index in [1.807, 2.05) is 30.3 Å². The lowest BCUT2D eigenvalue weighted by atomic mass is 9.94. The maximum Gasteiger partial charge on any atom is 0.253 e. The fraction of sp³-hybridized carbons (Fsp3) is 0.300. The van der Waals surface area contributed by atoms with Crippen molar-refractivity contribution in [3.05, 3.63) is 65.5 Å². The number of carbonyl (C=O) groups excluding carboxylic acids is 1. The van der Waals surface area contributed by atoms with Crippen LogP contribution in [-0.4, -0.2) is 42.0 Å². The molecule has 0 unspecified atom stereocenters. The molecule has 1 aliphatic rings. The number of para-hydroxylation sites is 1. The minimum atomic E-state index is -0.0971. The summed E-state index contributed by atoms with van der Waals surface area (Å²) in [5.74, 6) is 0.756. The largest absolute Gasteiger partial charge is 0.441 e. The third-order valence-corrected chi connectivity index (χ3v) is 4.82. The standard InChI is InChI=1S/C20H21N3O2/c1-13-21-19-15(9-6-10-18(19)25-13)20(24)22-17-12-23(2)11-16(17)14-7-4-3-5-8-14/h3-10,16-17H,11-12H2,1-2H3,(H,22,24)/t16-,17-/m0/s1. The first kappa shape index (κ1) is 15.8. The van der Waals surface area contributed by atoms with E-state index in [-0.39, 0.29) is 17.9 Å². The summed E-state index contributed by atoms with van der Waals surface area (Å²) in [4.78, 5) is 19.5. The van der Waals surface area contributed by atoms with Crippen LogP contribution in [0.5, 0.6) is 0 Å². The lowest BCUT2D eigenvalue weighted by Gasteiger charge is -2.20. The highest BCUT2D eigenvalue weighted by Crippen LogP contribution is 2.27. The molecule has 0 radical (unpaired) electrons. The zero-order valence-corrected chi connectivity index (χ0v) is 14.4. The quantitative estimate of drug-likeness (QED) is 0.799. The minimum Gasteiger partial charge on any atom is -0.441 e. The van der Waals surface area contributed by atoms with Crippen LogP contribution in [0.4, 0.5) is 0 Å². The van der Waals surface area contributed by atoms with Gasteiger partial charge >= 0.3 is 0 Å². The summed E-state index contributed by atoms with van der Waals surface area (Å²) in [6.45, 7) is 3.56. The van der Waals surface area contributed by atoms with Gasteiger partial charge in [0, 0.05) is 32.0 Å². The fourth-order valence-electron chi connectivity index (χ4n) is 3.67. The molecule has 5 heteroatoms. The number of rotatable bonds is 3. The molecule has 1 N–H and O–H groups in total. The first-order valence-corrected chi connectivity index (χ1v) is 8.52. The summed E-state index contributed by atoms with van der Waals surface area (Å²) in [5, 5.41) is 3.21. The van der Waals surface area contributed by atoms with Gasteiger partial charge in [-0.15, -0.1) is 0 Å². The third-order valence-electron chi connectivity index (χ3n) is 4.82. The molecular weight excluding hydrogens is 314 g/mol. The van der Waals surface area contributed by atoms with Crippen molar-refractivity contribution >= 4 is 17.0 Å². The molecule has 5 nitrogen and oxygen atoms in total. The second-order valence-corrected chi connectivity index (χ2v) is 6.70. The maximum atomic E-state index is 12.9. The summed E-state index contributed by atoms with van der Waals surface area (Å²) >= 11 is 0. The molecular formula is C20H21N3O2. The van der Waals surface area contributed by atoms with E-state index in [4.69, 9.17) is 4.42 Å². The number of aryl methyl sites for hydroxylation is 1. The number of hydrogen-bond acceptors (Lipinski definition) is 4. The lowest BCUT2D eigenvalue weighted by molar-refractivity contribution is 0.0937. The number of amides is 1. The van der Waals surface area contributed by atoms with E-state index >= 15 is 0 Å². The number of likely N-dealkylation sites (N-methyl/N-ethyl adjacent to an activating group) is 1. The second-order valence-electron chi connectivity index (χ2n) is 6.70. The van der Waals surface area contributed by atoms with Crippen LogP contribution in [0.25, 0.3) is 11.1 Å². The van der Waals surface area contributed by atoms with Crippen LogP contribution in [0.2, 0.25) is 0 Å². The van der Waals surface area contributed by atoms with E-state index < -0.39 is 0 Å². The number of fused-ring (bicyclic) bond motifs is 1. The smallest absolute Gasteiger partial charge is 0.253 e. The van der Waals surface area contributed by atoms with E-state index in [2.05, 4.69) is 34.4 Å². The average Bonchev–Trinajstić information content (AvgIpc) is 3.16. The Hall–Kier alpha value is -2.66. The molecule has 0 saturated carbocycles. The Morgan fingerprint density at radius 1 is 1.16 bits per heavy atom. The molecule has 3 aromatic rings. The average molecular weight is 335 g/mol. The second kappa shape index (κ2) is 6.33. The van der Waals surface area contributed by atoms with E-state index in [1.54, 1.807) is 13.0 Å². The molecule has 0 bridgehead atoms. The Morgan fingerprint density at radius 2 is 1.96 bits per heavy atom. The predicted octanol–water partition coefficient (Wildman–Crippen LogP) is 2.96. The number of nitrogens with zero attached hydrogens (tertiary/aromatic N) is 2. The van der Waals surface area contributed by atoms with E-state index in [1.165, 1.54) is 5.56 Å². The van der Waals surface area contributed by atoms with Crippen molar-refractivity contribution < 1.29 is 9.21 Å². The molecule has 2 atom stereocenters. The highest BCUT2D eigenvalue weighted by molar-refractivity contribution is 6.04. The van der Waals surface area contributed by atoms with Crippen molar-refractivity contribution in [3.8, 4) is 0 Å². The van der Waals surface area contributed by atoms with Crippen LogP contribution < -0.4 is 5.32 Å². The molecule has 1 aliphatic heterocycles.